The fourth-order valence-corrected chi connectivity index (χ4v) is 3.32. The van der Waals surface area contributed by atoms with Crippen molar-refractivity contribution in [2.24, 2.45) is 5.92 Å². The van der Waals surface area contributed by atoms with Crippen molar-refractivity contribution in [2.45, 2.75) is 65.0 Å². The van der Waals surface area contributed by atoms with E-state index in [0.29, 0.717) is 0 Å². The van der Waals surface area contributed by atoms with Crippen molar-refractivity contribution < 1.29 is 0 Å². The van der Waals surface area contributed by atoms with Gasteiger partial charge in [-0.25, -0.2) is 0 Å². The lowest BCUT2D eigenvalue weighted by atomic mass is 9.84. The number of hydrogen-bond acceptors (Lipinski definition) is 3. The average molecular weight is 289 g/mol. The van der Waals surface area contributed by atoms with Gasteiger partial charge in [-0.1, -0.05) is 20.3 Å². The van der Waals surface area contributed by atoms with Crippen molar-refractivity contribution in [3.05, 3.63) is 24.0 Å². The Morgan fingerprint density at radius 3 is 2.67 bits per heavy atom. The first-order chi connectivity index (χ1) is 10.2. The van der Waals surface area contributed by atoms with Crippen LogP contribution in [0.2, 0.25) is 0 Å². The van der Waals surface area contributed by atoms with E-state index >= 15 is 0 Å². The Bertz CT molecular complexity index is 411. The molecule has 1 saturated carbocycles. The van der Waals surface area contributed by atoms with Crippen LogP contribution in [0, 0.1) is 5.92 Å². The van der Waals surface area contributed by atoms with E-state index in [2.05, 4.69) is 48.2 Å². The van der Waals surface area contributed by atoms with Gasteiger partial charge in [0.2, 0.25) is 0 Å². The highest BCUT2D eigenvalue weighted by atomic mass is 15.1. The molecule has 1 aliphatic rings. The summed E-state index contributed by atoms with van der Waals surface area (Å²) >= 11 is 0. The van der Waals surface area contributed by atoms with Crippen molar-refractivity contribution in [1.29, 1.82) is 0 Å². The Hall–Kier alpha value is -1.09. The molecule has 0 spiro atoms. The molecule has 1 N–H and O–H groups in total. The van der Waals surface area contributed by atoms with Crippen LogP contribution in [0.3, 0.4) is 0 Å². The molecule has 3 heteroatoms. The number of hydrogen-bond donors (Lipinski definition) is 1. The second-order valence-corrected chi connectivity index (χ2v) is 6.46. The molecule has 118 valence electrons. The quantitative estimate of drug-likeness (QED) is 0.811. The summed E-state index contributed by atoms with van der Waals surface area (Å²) < 4.78 is 0. The third-order valence-electron chi connectivity index (χ3n) is 4.82. The molecule has 0 atom stereocenters. The highest BCUT2D eigenvalue weighted by molar-refractivity contribution is 5.43. The molecular weight excluding hydrogens is 258 g/mol. The summed E-state index contributed by atoms with van der Waals surface area (Å²) in [4.78, 5) is 7.03. The highest BCUT2D eigenvalue weighted by Crippen LogP contribution is 2.29. The predicted molar refractivity (Wildman–Crippen MR) is 90.5 cm³/mol. The molecule has 21 heavy (non-hydrogen) atoms. The summed E-state index contributed by atoms with van der Waals surface area (Å²) in [6.07, 6.45) is 9.93. The first-order valence-corrected chi connectivity index (χ1v) is 8.62. The van der Waals surface area contributed by atoms with E-state index in [9.17, 15) is 0 Å². The molecule has 1 aromatic heterocycles. The molecule has 0 bridgehead atoms. The van der Waals surface area contributed by atoms with Crippen LogP contribution in [0.5, 0.6) is 0 Å². The maximum Gasteiger partial charge on any atom is 0.0564 e. The van der Waals surface area contributed by atoms with Gasteiger partial charge < -0.3 is 5.32 Å². The number of anilines is 1. The molecule has 0 saturated heterocycles. The Morgan fingerprint density at radius 2 is 2.00 bits per heavy atom. The van der Waals surface area contributed by atoms with Crippen LogP contribution in [0.1, 0.15) is 58.1 Å². The molecule has 3 nitrogen and oxygen atoms in total. The van der Waals surface area contributed by atoms with Crippen LogP contribution >= 0.6 is 0 Å². The molecule has 0 radical (unpaired) electrons. The zero-order chi connectivity index (χ0) is 15.1. The van der Waals surface area contributed by atoms with Gasteiger partial charge in [-0.05, 0) is 57.2 Å². The molecule has 1 aromatic rings. The summed E-state index contributed by atoms with van der Waals surface area (Å²) in [6.45, 7) is 6.51. The maximum absolute atomic E-state index is 4.53. The third-order valence-corrected chi connectivity index (χ3v) is 4.82. The van der Waals surface area contributed by atoms with E-state index in [1.165, 1.54) is 43.5 Å². The first-order valence-electron chi connectivity index (χ1n) is 8.62. The summed E-state index contributed by atoms with van der Waals surface area (Å²) in [5.41, 5.74) is 2.38. The van der Waals surface area contributed by atoms with Gasteiger partial charge in [0.05, 0.1) is 5.69 Å². The monoisotopic (exact) mass is 289 g/mol. The number of rotatable bonds is 7. The molecule has 1 aliphatic carbocycles. The van der Waals surface area contributed by atoms with Crippen molar-refractivity contribution in [1.82, 2.24) is 9.88 Å². The Kier molecular flexibility index (Phi) is 6.50. The van der Waals surface area contributed by atoms with Crippen LogP contribution in [-0.4, -0.2) is 29.5 Å². The second kappa shape index (κ2) is 8.38. The largest absolute Gasteiger partial charge is 0.385 e. The van der Waals surface area contributed by atoms with E-state index in [1.54, 1.807) is 0 Å². The fourth-order valence-electron chi connectivity index (χ4n) is 3.32. The van der Waals surface area contributed by atoms with Gasteiger partial charge in [-0.15, -0.1) is 0 Å². The van der Waals surface area contributed by atoms with E-state index < -0.39 is 0 Å². The molecular formula is C18H31N3. The lowest BCUT2D eigenvalue weighted by Gasteiger charge is -2.34. The first kappa shape index (κ1) is 16.3. The summed E-state index contributed by atoms with van der Waals surface area (Å²) in [7, 11) is 2.25. The number of nitrogens with zero attached hydrogens (tertiary/aromatic N) is 2. The smallest absolute Gasteiger partial charge is 0.0564 e. The minimum Gasteiger partial charge on any atom is -0.385 e. The summed E-state index contributed by atoms with van der Waals surface area (Å²) in [5, 5.41) is 3.44. The third kappa shape index (κ3) is 4.99. The van der Waals surface area contributed by atoms with Crippen LogP contribution in [-0.2, 0) is 6.54 Å². The van der Waals surface area contributed by atoms with Crippen LogP contribution < -0.4 is 5.32 Å². The van der Waals surface area contributed by atoms with E-state index in [1.807, 2.05) is 6.20 Å². The molecule has 0 unspecified atom stereocenters. The second-order valence-electron chi connectivity index (χ2n) is 6.46. The van der Waals surface area contributed by atoms with Crippen LogP contribution in [0.15, 0.2) is 18.3 Å². The van der Waals surface area contributed by atoms with Gasteiger partial charge in [-0.3, -0.25) is 9.88 Å². The number of nitrogens with one attached hydrogen (secondary N) is 1. The van der Waals surface area contributed by atoms with Crippen LogP contribution in [0.4, 0.5) is 5.69 Å². The lowest BCUT2D eigenvalue weighted by molar-refractivity contribution is 0.156. The van der Waals surface area contributed by atoms with E-state index in [4.69, 9.17) is 0 Å². The standard InChI is InChI=1S/C18H31N3/c1-4-11-19-16-10-12-20-17(13-16)14-21(3)18-8-6-15(5-2)7-9-18/h10,12-13,15,18H,4-9,11,14H2,1-3H3,(H,19,20). The lowest BCUT2D eigenvalue weighted by Crippen LogP contribution is -2.34. The molecule has 0 aliphatic heterocycles. The Balaban J connectivity index is 1.86. The number of pyridine rings is 1. The topological polar surface area (TPSA) is 28.2 Å². The van der Waals surface area contributed by atoms with Crippen molar-refractivity contribution in [2.75, 3.05) is 18.9 Å². The highest BCUT2D eigenvalue weighted by Gasteiger charge is 2.23. The Morgan fingerprint density at radius 1 is 1.24 bits per heavy atom. The van der Waals surface area contributed by atoms with Gasteiger partial charge in [0.25, 0.3) is 0 Å². The minimum atomic E-state index is 0.738. The normalized spacial score (nSPS) is 22.5. The molecule has 0 amide bonds. The van der Waals surface area contributed by atoms with Gasteiger partial charge >= 0.3 is 0 Å². The zero-order valence-electron chi connectivity index (χ0n) is 13.9. The predicted octanol–water partition coefficient (Wildman–Crippen LogP) is 4.30. The summed E-state index contributed by atoms with van der Waals surface area (Å²) in [6, 6.07) is 5.00. The molecule has 1 fully saturated rings. The van der Waals surface area contributed by atoms with E-state index in [-0.39, 0.29) is 0 Å². The molecule has 0 aromatic carbocycles. The van der Waals surface area contributed by atoms with E-state index in [0.717, 1.165) is 31.5 Å². The molecule has 1 heterocycles. The minimum absolute atomic E-state index is 0.738. The van der Waals surface area contributed by atoms with Gasteiger partial charge in [-0.2, -0.15) is 0 Å². The van der Waals surface area contributed by atoms with Gasteiger partial charge in [0.15, 0.2) is 0 Å². The Labute approximate surface area is 130 Å². The SMILES string of the molecule is CCCNc1ccnc(CN(C)C2CCC(CC)CC2)c1. The zero-order valence-corrected chi connectivity index (χ0v) is 13.9. The summed E-state index contributed by atoms with van der Waals surface area (Å²) in [5.74, 6) is 0.967. The fraction of sp³-hybridized carbons (Fsp3) is 0.722. The average Bonchev–Trinajstić information content (AvgIpc) is 2.53. The maximum atomic E-state index is 4.53. The molecule has 2 rings (SSSR count). The van der Waals surface area contributed by atoms with Crippen molar-refractivity contribution >= 4 is 5.69 Å². The van der Waals surface area contributed by atoms with Crippen molar-refractivity contribution in [3.8, 4) is 0 Å². The van der Waals surface area contributed by atoms with Gasteiger partial charge in [0.1, 0.15) is 0 Å². The number of aromatic nitrogens is 1. The van der Waals surface area contributed by atoms with Crippen LogP contribution in [0.25, 0.3) is 0 Å². The van der Waals surface area contributed by atoms with Gasteiger partial charge in [0, 0.05) is 31.0 Å². The van der Waals surface area contributed by atoms with Crippen molar-refractivity contribution in [3.63, 3.8) is 0 Å².